The lowest BCUT2D eigenvalue weighted by molar-refractivity contribution is -0.116. The predicted octanol–water partition coefficient (Wildman–Crippen LogP) is 2.96. The van der Waals surface area contributed by atoms with Crippen LogP contribution in [0.15, 0.2) is 48.8 Å². The van der Waals surface area contributed by atoms with Crippen molar-refractivity contribution >= 4 is 11.6 Å². The molecule has 0 aliphatic carbocycles. The molecule has 0 radical (unpaired) electrons. The van der Waals surface area contributed by atoms with Crippen molar-refractivity contribution in [1.29, 1.82) is 0 Å². The lowest BCUT2D eigenvalue weighted by Gasteiger charge is -2.05. The molecule has 1 aromatic heterocycles. The average molecular weight is 240 g/mol. The van der Waals surface area contributed by atoms with Gasteiger partial charge < -0.3 is 5.32 Å². The van der Waals surface area contributed by atoms with Gasteiger partial charge in [-0.25, -0.2) is 0 Å². The zero-order valence-corrected chi connectivity index (χ0v) is 10.4. The third-order valence-electron chi connectivity index (χ3n) is 2.73. The summed E-state index contributed by atoms with van der Waals surface area (Å²) in [6.45, 7) is 2.02. The Morgan fingerprint density at radius 2 is 1.78 bits per heavy atom. The minimum Gasteiger partial charge on any atom is -0.326 e. The maximum Gasteiger partial charge on any atom is 0.224 e. The molecule has 0 saturated carbocycles. The number of carbonyl (C=O) groups excluding carboxylic acids is 1. The second kappa shape index (κ2) is 5.96. The number of nitrogens with one attached hydrogen (secondary N) is 1. The Kier molecular flexibility index (Phi) is 4.07. The standard InChI is InChI=1S/C15H16N2O/c1-12-2-5-14(6-3-12)17-15(18)7-4-13-8-10-16-11-9-13/h2-3,5-6,8-11H,4,7H2,1H3,(H,17,18). The summed E-state index contributed by atoms with van der Waals surface area (Å²) in [5, 5.41) is 2.88. The molecule has 0 aliphatic heterocycles. The van der Waals surface area contributed by atoms with Crippen LogP contribution in [0.4, 0.5) is 5.69 Å². The van der Waals surface area contributed by atoms with E-state index in [1.54, 1.807) is 12.4 Å². The van der Waals surface area contributed by atoms with Crippen molar-refractivity contribution in [3.05, 3.63) is 59.9 Å². The third kappa shape index (κ3) is 3.70. The van der Waals surface area contributed by atoms with Crippen molar-refractivity contribution in [2.45, 2.75) is 19.8 Å². The maximum absolute atomic E-state index is 11.7. The molecular formula is C15H16N2O. The first-order chi connectivity index (χ1) is 8.74. The number of pyridine rings is 1. The molecule has 1 heterocycles. The van der Waals surface area contributed by atoms with Crippen LogP contribution in [0.3, 0.4) is 0 Å². The summed E-state index contributed by atoms with van der Waals surface area (Å²) in [4.78, 5) is 15.7. The van der Waals surface area contributed by atoms with Crippen LogP contribution in [0.5, 0.6) is 0 Å². The molecule has 92 valence electrons. The quantitative estimate of drug-likeness (QED) is 0.892. The summed E-state index contributed by atoms with van der Waals surface area (Å²) in [6.07, 6.45) is 4.71. The second-order valence-electron chi connectivity index (χ2n) is 4.27. The molecule has 0 spiro atoms. The second-order valence-corrected chi connectivity index (χ2v) is 4.27. The van der Waals surface area contributed by atoms with Gasteiger partial charge in [-0.3, -0.25) is 9.78 Å². The molecule has 1 N–H and O–H groups in total. The van der Waals surface area contributed by atoms with Crippen molar-refractivity contribution in [2.24, 2.45) is 0 Å². The van der Waals surface area contributed by atoms with E-state index in [1.807, 2.05) is 43.3 Å². The van der Waals surface area contributed by atoms with E-state index in [4.69, 9.17) is 0 Å². The normalized spacial score (nSPS) is 10.1. The number of hydrogen-bond donors (Lipinski definition) is 1. The molecule has 2 rings (SSSR count). The van der Waals surface area contributed by atoms with E-state index in [1.165, 1.54) is 5.56 Å². The zero-order chi connectivity index (χ0) is 12.8. The molecule has 3 heteroatoms. The molecule has 0 unspecified atom stereocenters. The molecule has 0 bridgehead atoms. The van der Waals surface area contributed by atoms with Gasteiger partial charge in [0.05, 0.1) is 0 Å². The van der Waals surface area contributed by atoms with Crippen LogP contribution in [0.1, 0.15) is 17.5 Å². The van der Waals surface area contributed by atoms with Crippen molar-refractivity contribution < 1.29 is 4.79 Å². The summed E-state index contributed by atoms with van der Waals surface area (Å²) < 4.78 is 0. The number of nitrogens with zero attached hydrogens (tertiary/aromatic N) is 1. The van der Waals surface area contributed by atoms with Crippen molar-refractivity contribution in [1.82, 2.24) is 4.98 Å². The number of hydrogen-bond acceptors (Lipinski definition) is 2. The van der Waals surface area contributed by atoms with Crippen LogP contribution in [-0.4, -0.2) is 10.9 Å². The highest BCUT2D eigenvalue weighted by atomic mass is 16.1. The van der Waals surface area contributed by atoms with Gasteiger partial charge in [0.1, 0.15) is 0 Å². The highest BCUT2D eigenvalue weighted by Crippen LogP contribution is 2.09. The fraction of sp³-hybridized carbons (Fsp3) is 0.200. The van der Waals surface area contributed by atoms with Gasteiger partial charge in [-0.15, -0.1) is 0 Å². The van der Waals surface area contributed by atoms with Crippen molar-refractivity contribution in [2.75, 3.05) is 5.32 Å². The zero-order valence-electron chi connectivity index (χ0n) is 10.4. The van der Waals surface area contributed by atoms with Gasteiger partial charge in [-0.2, -0.15) is 0 Å². The number of rotatable bonds is 4. The molecule has 3 nitrogen and oxygen atoms in total. The topological polar surface area (TPSA) is 42.0 Å². The van der Waals surface area contributed by atoms with E-state index in [-0.39, 0.29) is 5.91 Å². The van der Waals surface area contributed by atoms with Crippen molar-refractivity contribution in [3.8, 4) is 0 Å². The monoisotopic (exact) mass is 240 g/mol. The van der Waals surface area contributed by atoms with E-state index in [2.05, 4.69) is 10.3 Å². The average Bonchev–Trinajstić information content (AvgIpc) is 2.40. The van der Waals surface area contributed by atoms with Crippen LogP contribution in [0.2, 0.25) is 0 Å². The molecule has 0 atom stereocenters. The van der Waals surface area contributed by atoms with Crippen LogP contribution >= 0.6 is 0 Å². The number of benzene rings is 1. The van der Waals surface area contributed by atoms with E-state index in [0.29, 0.717) is 6.42 Å². The number of carbonyl (C=O) groups is 1. The van der Waals surface area contributed by atoms with Crippen molar-refractivity contribution in [3.63, 3.8) is 0 Å². The number of amides is 1. The summed E-state index contributed by atoms with van der Waals surface area (Å²) in [5.41, 5.74) is 3.16. The summed E-state index contributed by atoms with van der Waals surface area (Å²) in [7, 11) is 0. The van der Waals surface area contributed by atoms with E-state index in [0.717, 1.165) is 17.7 Å². The summed E-state index contributed by atoms with van der Waals surface area (Å²) >= 11 is 0. The first-order valence-corrected chi connectivity index (χ1v) is 5.99. The Balaban J connectivity index is 1.84. The van der Waals surface area contributed by atoms with Crippen LogP contribution < -0.4 is 5.32 Å². The Bertz CT molecular complexity index is 506. The number of anilines is 1. The molecule has 18 heavy (non-hydrogen) atoms. The van der Waals surface area contributed by atoms with Crippen LogP contribution in [-0.2, 0) is 11.2 Å². The van der Waals surface area contributed by atoms with E-state index < -0.39 is 0 Å². The minimum atomic E-state index is 0.0377. The summed E-state index contributed by atoms with van der Waals surface area (Å²) in [6, 6.07) is 11.7. The Morgan fingerprint density at radius 1 is 1.11 bits per heavy atom. The fourth-order valence-corrected chi connectivity index (χ4v) is 1.67. The molecular weight excluding hydrogens is 224 g/mol. The SMILES string of the molecule is Cc1ccc(NC(=O)CCc2ccncc2)cc1. The minimum absolute atomic E-state index is 0.0377. The largest absolute Gasteiger partial charge is 0.326 e. The Labute approximate surface area is 107 Å². The molecule has 0 aliphatic rings. The van der Waals surface area contributed by atoms with Gasteiger partial charge in [0, 0.05) is 24.5 Å². The number of aromatic nitrogens is 1. The highest BCUT2D eigenvalue weighted by molar-refractivity contribution is 5.90. The van der Waals surface area contributed by atoms with E-state index >= 15 is 0 Å². The predicted molar refractivity (Wildman–Crippen MR) is 72.4 cm³/mol. The van der Waals surface area contributed by atoms with Gasteiger partial charge in [-0.05, 0) is 43.2 Å². The fourth-order valence-electron chi connectivity index (χ4n) is 1.67. The Morgan fingerprint density at radius 3 is 2.44 bits per heavy atom. The lowest BCUT2D eigenvalue weighted by atomic mass is 10.1. The maximum atomic E-state index is 11.7. The molecule has 1 aromatic carbocycles. The van der Waals surface area contributed by atoms with Gasteiger partial charge in [0.2, 0.25) is 5.91 Å². The smallest absolute Gasteiger partial charge is 0.224 e. The molecule has 0 saturated heterocycles. The van der Waals surface area contributed by atoms with Gasteiger partial charge in [0.25, 0.3) is 0 Å². The van der Waals surface area contributed by atoms with Gasteiger partial charge in [-0.1, -0.05) is 17.7 Å². The van der Waals surface area contributed by atoms with Crippen LogP contribution in [0.25, 0.3) is 0 Å². The third-order valence-corrected chi connectivity index (χ3v) is 2.73. The first-order valence-electron chi connectivity index (χ1n) is 5.99. The first kappa shape index (κ1) is 12.3. The molecule has 2 aromatic rings. The summed E-state index contributed by atoms with van der Waals surface area (Å²) in [5.74, 6) is 0.0377. The van der Waals surface area contributed by atoms with Gasteiger partial charge >= 0.3 is 0 Å². The number of aryl methyl sites for hydroxylation is 2. The Hall–Kier alpha value is -2.16. The van der Waals surface area contributed by atoms with Gasteiger partial charge in [0.15, 0.2) is 0 Å². The molecule has 1 amide bonds. The highest BCUT2D eigenvalue weighted by Gasteiger charge is 2.02. The van der Waals surface area contributed by atoms with Crippen LogP contribution in [0, 0.1) is 6.92 Å². The van der Waals surface area contributed by atoms with E-state index in [9.17, 15) is 4.79 Å². The molecule has 0 fully saturated rings. The lowest BCUT2D eigenvalue weighted by Crippen LogP contribution is -2.12.